The van der Waals surface area contributed by atoms with Crippen LogP contribution >= 0.6 is 0 Å². The summed E-state index contributed by atoms with van der Waals surface area (Å²) in [5.41, 5.74) is 0. The van der Waals surface area contributed by atoms with Crippen LogP contribution in [0.2, 0.25) is 0 Å². The Morgan fingerprint density at radius 1 is 1.13 bits per heavy atom. The summed E-state index contributed by atoms with van der Waals surface area (Å²) >= 11 is 0. The van der Waals surface area contributed by atoms with E-state index in [1.165, 1.54) is 12.1 Å². The molecule has 0 radical (unpaired) electrons. The zero-order valence-electron chi connectivity index (χ0n) is 13.6. The van der Waals surface area contributed by atoms with Crippen molar-refractivity contribution in [2.45, 2.75) is 43.6 Å². The van der Waals surface area contributed by atoms with Gasteiger partial charge in [-0.1, -0.05) is 12.8 Å². The van der Waals surface area contributed by atoms with Gasteiger partial charge < -0.3 is 10.1 Å². The Hall–Kier alpha value is -1.60. The number of nitrogens with zero attached hydrogens (tertiary/aromatic N) is 1. The maximum absolute atomic E-state index is 12.6. The topological polar surface area (TPSA) is 75.7 Å². The molecule has 1 aromatic rings. The Morgan fingerprint density at radius 3 is 2.22 bits per heavy atom. The molecule has 2 rings (SSSR count). The molecule has 0 aromatic heterocycles. The first-order chi connectivity index (χ1) is 10.9. The normalized spacial score (nSPS) is 18.0. The number of amides is 1. The number of hydrogen-bond donors (Lipinski definition) is 1. The van der Waals surface area contributed by atoms with E-state index in [2.05, 4.69) is 5.32 Å². The maximum Gasteiger partial charge on any atom is 0.260 e. The van der Waals surface area contributed by atoms with Crippen LogP contribution in [0.4, 0.5) is 0 Å². The van der Waals surface area contributed by atoms with Crippen LogP contribution in [-0.2, 0) is 14.8 Å². The summed E-state index contributed by atoms with van der Waals surface area (Å²) in [5, 5.41) is 2.50. The van der Waals surface area contributed by atoms with Gasteiger partial charge in [-0.25, -0.2) is 8.42 Å². The number of sulfonamides is 1. The van der Waals surface area contributed by atoms with Crippen molar-refractivity contribution in [2.75, 3.05) is 20.1 Å². The molecule has 1 aliphatic heterocycles. The average Bonchev–Trinajstić information content (AvgIpc) is 2.84. The smallest absolute Gasteiger partial charge is 0.260 e. The van der Waals surface area contributed by atoms with E-state index in [0.29, 0.717) is 18.8 Å². The molecule has 128 valence electrons. The first kappa shape index (κ1) is 17.7. The number of likely N-dealkylation sites (N-methyl/N-ethyl adjacent to an activating group) is 1. The van der Waals surface area contributed by atoms with Crippen LogP contribution in [0.25, 0.3) is 0 Å². The quantitative estimate of drug-likeness (QED) is 0.886. The fourth-order valence-electron chi connectivity index (χ4n) is 2.58. The van der Waals surface area contributed by atoms with E-state index < -0.39 is 16.1 Å². The van der Waals surface area contributed by atoms with E-state index in [1.54, 1.807) is 30.4 Å². The number of ether oxygens (including phenoxy) is 1. The van der Waals surface area contributed by atoms with Crippen molar-refractivity contribution in [3.63, 3.8) is 0 Å². The van der Waals surface area contributed by atoms with Gasteiger partial charge in [0.2, 0.25) is 10.0 Å². The van der Waals surface area contributed by atoms with Gasteiger partial charge in [-0.2, -0.15) is 4.31 Å². The van der Waals surface area contributed by atoms with Crippen molar-refractivity contribution in [3.8, 4) is 5.75 Å². The molecule has 1 amide bonds. The number of rotatable bonds is 5. The van der Waals surface area contributed by atoms with E-state index >= 15 is 0 Å². The van der Waals surface area contributed by atoms with E-state index in [4.69, 9.17) is 4.74 Å². The maximum atomic E-state index is 12.6. The van der Waals surface area contributed by atoms with Crippen LogP contribution in [-0.4, -0.2) is 44.9 Å². The first-order valence-corrected chi connectivity index (χ1v) is 9.37. The predicted molar refractivity (Wildman–Crippen MR) is 87.8 cm³/mol. The van der Waals surface area contributed by atoms with E-state index in [0.717, 1.165) is 25.7 Å². The third kappa shape index (κ3) is 4.45. The van der Waals surface area contributed by atoms with Gasteiger partial charge in [-0.05, 0) is 44.0 Å². The van der Waals surface area contributed by atoms with Gasteiger partial charge in [0.15, 0.2) is 6.10 Å². The lowest BCUT2D eigenvalue weighted by atomic mass is 10.2. The van der Waals surface area contributed by atoms with Crippen molar-refractivity contribution in [1.82, 2.24) is 9.62 Å². The molecule has 0 saturated carbocycles. The summed E-state index contributed by atoms with van der Waals surface area (Å²) < 4.78 is 32.3. The molecule has 0 spiro atoms. The molecule has 1 fully saturated rings. The van der Waals surface area contributed by atoms with Gasteiger partial charge >= 0.3 is 0 Å². The van der Waals surface area contributed by atoms with Gasteiger partial charge in [0, 0.05) is 20.1 Å². The highest BCUT2D eigenvalue weighted by Gasteiger charge is 2.25. The SMILES string of the molecule is CNC(=O)[C@@H](C)Oc1ccc(S(=O)(=O)N2CCCCCC2)cc1. The van der Waals surface area contributed by atoms with Crippen LogP contribution in [0.3, 0.4) is 0 Å². The minimum absolute atomic E-state index is 0.230. The molecule has 1 atom stereocenters. The van der Waals surface area contributed by atoms with Gasteiger partial charge in [-0.3, -0.25) is 4.79 Å². The monoisotopic (exact) mass is 340 g/mol. The van der Waals surface area contributed by atoms with E-state index in [-0.39, 0.29) is 10.8 Å². The van der Waals surface area contributed by atoms with E-state index in [9.17, 15) is 13.2 Å². The van der Waals surface area contributed by atoms with E-state index in [1.807, 2.05) is 0 Å². The van der Waals surface area contributed by atoms with Gasteiger partial charge in [0.1, 0.15) is 5.75 Å². The molecule has 1 heterocycles. The second-order valence-electron chi connectivity index (χ2n) is 5.66. The summed E-state index contributed by atoms with van der Waals surface area (Å²) in [4.78, 5) is 11.7. The Labute approximate surface area is 137 Å². The molecular weight excluding hydrogens is 316 g/mol. The van der Waals surface area contributed by atoms with Gasteiger partial charge in [0.25, 0.3) is 5.91 Å². The Morgan fingerprint density at radius 2 is 1.70 bits per heavy atom. The van der Waals surface area contributed by atoms with Crippen molar-refractivity contribution in [3.05, 3.63) is 24.3 Å². The van der Waals surface area contributed by atoms with Crippen LogP contribution in [0.1, 0.15) is 32.6 Å². The zero-order chi connectivity index (χ0) is 16.9. The number of nitrogens with one attached hydrogen (secondary N) is 1. The van der Waals surface area contributed by atoms with Crippen LogP contribution in [0.5, 0.6) is 5.75 Å². The van der Waals surface area contributed by atoms with Crippen LogP contribution in [0, 0.1) is 0 Å². The van der Waals surface area contributed by atoms with Crippen molar-refractivity contribution in [1.29, 1.82) is 0 Å². The molecule has 1 saturated heterocycles. The molecule has 6 nitrogen and oxygen atoms in total. The molecular formula is C16H24N2O4S. The third-order valence-electron chi connectivity index (χ3n) is 3.96. The second kappa shape index (κ2) is 7.79. The minimum atomic E-state index is -3.45. The van der Waals surface area contributed by atoms with Crippen molar-refractivity contribution in [2.24, 2.45) is 0 Å². The molecule has 0 unspecified atom stereocenters. The fraction of sp³-hybridized carbons (Fsp3) is 0.562. The van der Waals surface area contributed by atoms with Crippen molar-refractivity contribution < 1.29 is 17.9 Å². The molecule has 23 heavy (non-hydrogen) atoms. The molecule has 1 aliphatic rings. The summed E-state index contributed by atoms with van der Waals surface area (Å²) in [6, 6.07) is 6.24. The number of carbonyl (C=O) groups excluding carboxylic acids is 1. The molecule has 0 bridgehead atoms. The Bertz CT molecular complexity index is 620. The highest BCUT2D eigenvalue weighted by Crippen LogP contribution is 2.22. The standard InChI is InChI=1S/C16H24N2O4S/c1-13(16(19)17-2)22-14-7-9-15(10-8-14)23(20,21)18-11-5-3-4-6-12-18/h7-10,13H,3-6,11-12H2,1-2H3,(H,17,19)/t13-/m1/s1. The van der Waals surface area contributed by atoms with Gasteiger partial charge in [-0.15, -0.1) is 0 Å². The molecule has 1 N–H and O–H groups in total. The first-order valence-electron chi connectivity index (χ1n) is 7.93. The predicted octanol–water partition coefficient (Wildman–Crippen LogP) is 1.76. The second-order valence-corrected chi connectivity index (χ2v) is 7.60. The lowest BCUT2D eigenvalue weighted by molar-refractivity contribution is -0.126. The molecule has 0 aliphatic carbocycles. The Balaban J connectivity index is 2.10. The fourth-order valence-corrected chi connectivity index (χ4v) is 4.10. The molecule has 7 heteroatoms. The summed E-state index contributed by atoms with van der Waals surface area (Å²) in [7, 11) is -1.91. The number of carbonyl (C=O) groups is 1. The Kier molecular flexibility index (Phi) is 6.01. The average molecular weight is 340 g/mol. The molecule has 1 aromatic carbocycles. The van der Waals surface area contributed by atoms with Gasteiger partial charge in [0.05, 0.1) is 4.90 Å². The minimum Gasteiger partial charge on any atom is -0.481 e. The summed E-state index contributed by atoms with van der Waals surface area (Å²) in [5.74, 6) is 0.238. The number of benzene rings is 1. The van der Waals surface area contributed by atoms with Crippen molar-refractivity contribution >= 4 is 15.9 Å². The highest BCUT2D eigenvalue weighted by atomic mass is 32.2. The summed E-state index contributed by atoms with van der Waals surface area (Å²) in [6.07, 6.45) is 3.34. The van der Waals surface area contributed by atoms with Crippen LogP contribution < -0.4 is 10.1 Å². The number of hydrogen-bond acceptors (Lipinski definition) is 4. The lowest BCUT2D eigenvalue weighted by Gasteiger charge is -2.20. The third-order valence-corrected chi connectivity index (χ3v) is 5.87. The lowest BCUT2D eigenvalue weighted by Crippen LogP contribution is -2.33. The van der Waals surface area contributed by atoms with Crippen LogP contribution in [0.15, 0.2) is 29.2 Å². The zero-order valence-corrected chi connectivity index (χ0v) is 14.4. The largest absolute Gasteiger partial charge is 0.481 e. The highest BCUT2D eigenvalue weighted by molar-refractivity contribution is 7.89. The summed E-state index contributed by atoms with van der Waals surface area (Å²) in [6.45, 7) is 2.79.